The van der Waals surface area contributed by atoms with E-state index in [1.165, 1.54) is 18.4 Å². The van der Waals surface area contributed by atoms with Crippen molar-refractivity contribution >= 4 is 52.1 Å². The summed E-state index contributed by atoms with van der Waals surface area (Å²) in [5.74, 6) is -0.512. The Labute approximate surface area is 457 Å². The molecule has 10 rings (SSSR count). The molecule has 16 nitrogen and oxygen atoms in total. The number of amidine groups is 1. The van der Waals surface area contributed by atoms with Crippen LogP contribution in [0.4, 0.5) is 0 Å². The van der Waals surface area contributed by atoms with Crippen LogP contribution in [0.25, 0.3) is 20.9 Å². The Morgan fingerprint density at radius 2 is 1.35 bits per heavy atom. The lowest BCUT2D eigenvalue weighted by Crippen LogP contribution is -2.59. The van der Waals surface area contributed by atoms with Gasteiger partial charge in [-0.3, -0.25) is 34.5 Å². The monoisotopic (exact) mass is 1080 g/mol. The number of rotatable bonds is 18. The van der Waals surface area contributed by atoms with Gasteiger partial charge in [0.2, 0.25) is 11.8 Å². The summed E-state index contributed by atoms with van der Waals surface area (Å²) in [5, 5.41) is 25.6. The smallest absolute Gasteiger partial charge is 0.255 e. The molecule has 0 bridgehead atoms. The number of aryl methyl sites for hydroxylation is 1. The van der Waals surface area contributed by atoms with E-state index < -0.39 is 35.7 Å². The number of carbonyl (C=O) groups is 4. The third kappa shape index (κ3) is 11.1. The molecular weight excluding hydrogens is 1010 g/mol. The normalized spacial score (nSPS) is 20.4. The molecule has 0 aliphatic carbocycles. The van der Waals surface area contributed by atoms with E-state index in [-0.39, 0.29) is 61.6 Å². The number of aliphatic hydroxyl groups is 2. The van der Waals surface area contributed by atoms with Crippen molar-refractivity contribution in [3.63, 3.8) is 0 Å². The Balaban J connectivity index is 0.835. The zero-order chi connectivity index (χ0) is 54.1. The minimum absolute atomic E-state index is 0.0513. The first-order chi connectivity index (χ1) is 37.1. The summed E-state index contributed by atoms with van der Waals surface area (Å²) in [6.07, 6.45) is -0.457. The number of thiazole rings is 2. The molecule has 2 aromatic heterocycles. The van der Waals surface area contributed by atoms with E-state index >= 15 is 4.79 Å². The van der Waals surface area contributed by atoms with Crippen LogP contribution in [0.5, 0.6) is 0 Å². The summed E-state index contributed by atoms with van der Waals surface area (Å²) < 4.78 is 0. The molecule has 6 atom stereocenters. The molecule has 4 N–H and O–H groups in total. The summed E-state index contributed by atoms with van der Waals surface area (Å²) in [6, 6.07) is 28.9. The van der Waals surface area contributed by atoms with Crippen LogP contribution in [0.15, 0.2) is 113 Å². The fourth-order valence-corrected chi connectivity index (χ4v) is 13.4. The number of hydroxylamine groups is 1. The van der Waals surface area contributed by atoms with Gasteiger partial charge in [0, 0.05) is 62.9 Å². The lowest BCUT2D eigenvalue weighted by atomic mass is 9.77. The van der Waals surface area contributed by atoms with Crippen molar-refractivity contribution in [1.82, 2.24) is 40.4 Å². The second-order valence-corrected chi connectivity index (χ2v) is 23.5. The molecule has 18 heteroatoms. The van der Waals surface area contributed by atoms with Crippen LogP contribution in [-0.2, 0) is 47.0 Å². The molecule has 6 aromatic rings. The van der Waals surface area contributed by atoms with Crippen LogP contribution < -0.4 is 10.8 Å². The van der Waals surface area contributed by atoms with Crippen LogP contribution in [0.1, 0.15) is 94.9 Å². The van der Waals surface area contributed by atoms with Gasteiger partial charge in [-0.25, -0.2) is 9.97 Å². The van der Waals surface area contributed by atoms with Gasteiger partial charge in [-0.1, -0.05) is 113 Å². The van der Waals surface area contributed by atoms with Gasteiger partial charge in [0.1, 0.15) is 17.9 Å². The van der Waals surface area contributed by atoms with Gasteiger partial charge in [0.25, 0.3) is 11.8 Å². The first-order valence-electron chi connectivity index (χ1n) is 26.4. The van der Waals surface area contributed by atoms with Gasteiger partial charge in [-0.05, 0) is 76.6 Å². The highest BCUT2D eigenvalue weighted by atomic mass is 32.1. The van der Waals surface area contributed by atoms with Crippen LogP contribution in [0, 0.1) is 18.3 Å². The third-order valence-corrected chi connectivity index (χ3v) is 17.4. The first-order valence-corrected chi connectivity index (χ1v) is 28.2. The molecule has 2 saturated heterocycles. The molecule has 0 spiro atoms. The predicted octanol–water partition coefficient (Wildman–Crippen LogP) is 7.28. The highest BCUT2D eigenvalue weighted by Crippen LogP contribution is 2.41. The highest BCUT2D eigenvalue weighted by Gasteiger charge is 2.50. The fourth-order valence-electron chi connectivity index (χ4n) is 11.8. The minimum atomic E-state index is -0.951. The fraction of sp³-hybridized carbons (Fsp3) is 0.407. The molecule has 0 unspecified atom stereocenters. The molecule has 4 amide bonds. The molecule has 6 heterocycles. The second-order valence-electron chi connectivity index (χ2n) is 21.8. The minimum Gasteiger partial charge on any atom is -0.391 e. The number of nitrogens with one attached hydrogen (secondary N) is 2. The maximum atomic E-state index is 15.5. The second kappa shape index (κ2) is 22.7. The van der Waals surface area contributed by atoms with E-state index in [9.17, 15) is 24.6 Å². The van der Waals surface area contributed by atoms with Crippen molar-refractivity contribution in [1.29, 1.82) is 0 Å². The van der Waals surface area contributed by atoms with Gasteiger partial charge in [0.15, 0.2) is 0 Å². The van der Waals surface area contributed by atoms with Crippen molar-refractivity contribution in [2.24, 2.45) is 16.3 Å². The zero-order valence-corrected chi connectivity index (χ0v) is 46.0. The van der Waals surface area contributed by atoms with Crippen molar-refractivity contribution in [3.05, 3.63) is 153 Å². The van der Waals surface area contributed by atoms with Gasteiger partial charge in [0.05, 0.1) is 64.1 Å². The van der Waals surface area contributed by atoms with E-state index in [1.54, 1.807) is 37.0 Å². The number of hydrogen-bond donors (Lipinski definition) is 4. The number of β-amino-alcohol motifs (C(OH)–C–C–N with tert-alkyl or cyclic N) is 2. The lowest BCUT2D eigenvalue weighted by molar-refractivity contribution is -0.141. The molecule has 2 fully saturated rings. The topological polar surface area (TPSA) is 193 Å². The number of aliphatic hydroxyl groups excluding tert-OH is 2. The third-order valence-electron chi connectivity index (χ3n) is 15.5. The zero-order valence-electron chi connectivity index (χ0n) is 44.4. The van der Waals surface area contributed by atoms with Crippen LogP contribution in [0.2, 0.25) is 0 Å². The lowest BCUT2D eigenvalue weighted by Gasteiger charge is -2.42. The van der Waals surface area contributed by atoms with E-state index in [2.05, 4.69) is 52.2 Å². The van der Waals surface area contributed by atoms with Gasteiger partial charge >= 0.3 is 0 Å². The predicted molar refractivity (Wildman–Crippen MR) is 298 cm³/mol. The van der Waals surface area contributed by atoms with Crippen molar-refractivity contribution < 1.29 is 34.2 Å². The summed E-state index contributed by atoms with van der Waals surface area (Å²) in [6.45, 7) is 12.2. The summed E-state index contributed by atoms with van der Waals surface area (Å²) in [7, 11) is 1.49. The van der Waals surface area contributed by atoms with Crippen molar-refractivity contribution in [2.45, 2.75) is 116 Å². The Bertz CT molecular complexity index is 3160. The number of aromatic nitrogens is 2. The summed E-state index contributed by atoms with van der Waals surface area (Å²) in [5.41, 5.74) is 14.5. The number of nitrogens with zero attached hydrogens (tertiary/aromatic N) is 7. The Kier molecular flexibility index (Phi) is 15.9. The number of likely N-dealkylation sites (tertiary alicyclic amines) is 2. The van der Waals surface area contributed by atoms with Crippen LogP contribution >= 0.6 is 22.7 Å². The Morgan fingerprint density at radius 3 is 1.99 bits per heavy atom. The molecule has 402 valence electrons. The molecule has 77 heavy (non-hydrogen) atoms. The standard InChI is InChI=1S/C59H67N9O7S2/c1-35(2)50(67-29-41-11-7-9-13-46(41)55(67)71)57(73)65-31-44(69)23-43(65)28-60-26-37-15-21-40(22-16-37)52-48(63-34-77-52)25-59(4,5)53(68-30-42-12-8-10-14-47(42)56(68)72)58(74)66-32-45(70)24-49(66)54(64-75-6)61-27-38-17-19-39(20-18-38)51-36(3)62-33-76-51/h7-22,33-35,43-45,49-50,53,60,69-70H,23-32H2,1-6H3,(H,61,64)/t43-,44+,45+,49-,50-,53+/m0/s1. The SMILES string of the molecule is CONC(=NCc1ccc(-c2scnc2C)cc1)[C@@H]1C[C@@H](O)CN1C(=O)[C@@H](N1Cc2ccccc2C1=O)C(C)(C)Cc1ncsc1-c1ccc(CNC[C@@H]2C[C@@H](O)CN2C(=O)[C@H](C(C)C)N2Cc3ccccc3C2=O)cc1. The average Bonchev–Trinajstić information content (AvgIpc) is 4.36. The number of hydrogen-bond acceptors (Lipinski definition) is 13. The van der Waals surface area contributed by atoms with Crippen LogP contribution in [-0.4, -0.2) is 132 Å². The Hall–Kier alpha value is -6.67. The Morgan fingerprint density at radius 1 is 0.766 bits per heavy atom. The molecule has 4 aliphatic rings. The molecule has 4 aromatic carbocycles. The quantitative estimate of drug-likeness (QED) is 0.0384. The van der Waals surface area contributed by atoms with Crippen molar-refractivity contribution in [2.75, 3.05) is 26.7 Å². The molecule has 0 radical (unpaired) electrons. The van der Waals surface area contributed by atoms with E-state index in [0.29, 0.717) is 56.0 Å². The van der Waals surface area contributed by atoms with E-state index in [0.717, 1.165) is 54.5 Å². The maximum absolute atomic E-state index is 15.5. The largest absolute Gasteiger partial charge is 0.391 e. The summed E-state index contributed by atoms with van der Waals surface area (Å²) in [4.78, 5) is 86.3. The van der Waals surface area contributed by atoms with Gasteiger partial charge in [-0.15, -0.1) is 22.7 Å². The van der Waals surface area contributed by atoms with E-state index in [1.807, 2.05) is 100 Å². The molecular formula is C59H67N9O7S2. The van der Waals surface area contributed by atoms with Crippen LogP contribution in [0.3, 0.4) is 0 Å². The summed E-state index contributed by atoms with van der Waals surface area (Å²) >= 11 is 3.11. The number of carbonyl (C=O) groups excluding carboxylic acids is 4. The number of amides is 4. The van der Waals surface area contributed by atoms with Crippen molar-refractivity contribution in [3.8, 4) is 20.9 Å². The molecule has 0 saturated carbocycles. The maximum Gasteiger partial charge on any atom is 0.255 e. The number of aliphatic imine (C=N–C) groups is 1. The molecule has 4 aliphatic heterocycles. The first kappa shape index (κ1) is 53.7. The average molecular weight is 1080 g/mol. The van der Waals surface area contributed by atoms with Gasteiger partial charge in [-0.2, -0.15) is 0 Å². The number of fused-ring (bicyclic) bond motifs is 2. The highest BCUT2D eigenvalue weighted by molar-refractivity contribution is 7.13. The van der Waals surface area contributed by atoms with Gasteiger partial charge < -0.3 is 35.1 Å². The number of benzene rings is 4. The van der Waals surface area contributed by atoms with E-state index in [4.69, 9.17) is 14.8 Å².